The summed E-state index contributed by atoms with van der Waals surface area (Å²) in [4.78, 5) is 52.1. The van der Waals surface area contributed by atoms with Crippen molar-refractivity contribution in [3.8, 4) is 22.6 Å². The molecule has 0 saturated carbocycles. The molecule has 9 heteroatoms. The highest BCUT2D eigenvalue weighted by Gasteiger charge is 2.33. The van der Waals surface area contributed by atoms with Gasteiger partial charge in [-0.2, -0.15) is 0 Å². The summed E-state index contributed by atoms with van der Waals surface area (Å²) in [5, 5.41) is 5.82. The molecule has 2 aliphatic rings. The zero-order valence-electron chi connectivity index (χ0n) is 22.1. The van der Waals surface area contributed by atoms with E-state index in [1.807, 2.05) is 60.7 Å². The van der Waals surface area contributed by atoms with E-state index in [-0.39, 0.29) is 23.6 Å². The Morgan fingerprint density at radius 2 is 1.03 bits per heavy atom. The summed E-state index contributed by atoms with van der Waals surface area (Å²) >= 11 is 0. The average molecular weight is 529 g/mol. The smallest absolute Gasteiger partial charge is 0.247 e. The molecule has 4 amide bonds. The lowest BCUT2D eigenvalue weighted by Gasteiger charge is -2.22. The van der Waals surface area contributed by atoms with Crippen LogP contribution in [0.15, 0.2) is 65.1 Å². The second-order valence-electron chi connectivity index (χ2n) is 10.0. The van der Waals surface area contributed by atoms with Gasteiger partial charge in [0.05, 0.1) is 0 Å². The van der Waals surface area contributed by atoms with Gasteiger partial charge in [0.25, 0.3) is 0 Å². The van der Waals surface area contributed by atoms with Crippen molar-refractivity contribution in [3.05, 3.63) is 60.7 Å². The first-order valence-corrected chi connectivity index (χ1v) is 13.3. The summed E-state index contributed by atoms with van der Waals surface area (Å²) in [6.45, 7) is 4.21. The molecule has 3 aromatic rings. The molecule has 39 heavy (non-hydrogen) atoms. The number of amides is 4. The van der Waals surface area contributed by atoms with E-state index in [0.717, 1.165) is 24.0 Å². The van der Waals surface area contributed by atoms with Gasteiger partial charge in [-0.15, -0.1) is 0 Å². The third-order valence-corrected chi connectivity index (χ3v) is 7.40. The van der Waals surface area contributed by atoms with Crippen molar-refractivity contribution in [2.24, 2.45) is 0 Å². The van der Waals surface area contributed by atoms with Crippen LogP contribution in [0.3, 0.4) is 0 Å². The first kappa shape index (κ1) is 26.2. The number of rotatable bonds is 6. The van der Waals surface area contributed by atoms with Crippen molar-refractivity contribution in [2.75, 3.05) is 23.7 Å². The number of furan rings is 1. The van der Waals surface area contributed by atoms with Gasteiger partial charge in [0, 0.05) is 49.4 Å². The van der Waals surface area contributed by atoms with E-state index in [0.29, 0.717) is 48.8 Å². The van der Waals surface area contributed by atoms with E-state index >= 15 is 0 Å². The van der Waals surface area contributed by atoms with Crippen molar-refractivity contribution in [2.45, 2.75) is 51.6 Å². The molecule has 202 valence electrons. The predicted molar refractivity (Wildman–Crippen MR) is 148 cm³/mol. The van der Waals surface area contributed by atoms with Crippen LogP contribution in [0.2, 0.25) is 0 Å². The fourth-order valence-corrected chi connectivity index (χ4v) is 5.37. The minimum Gasteiger partial charge on any atom is -0.456 e. The zero-order chi connectivity index (χ0) is 27.5. The summed E-state index contributed by atoms with van der Waals surface area (Å²) in [5.74, 6) is 0.862. The van der Waals surface area contributed by atoms with Gasteiger partial charge < -0.3 is 24.9 Å². The van der Waals surface area contributed by atoms with Gasteiger partial charge in [-0.05, 0) is 86.3 Å². The van der Waals surface area contributed by atoms with Crippen LogP contribution in [0.1, 0.15) is 39.5 Å². The molecule has 9 nitrogen and oxygen atoms in total. The van der Waals surface area contributed by atoms with Crippen molar-refractivity contribution in [1.29, 1.82) is 0 Å². The van der Waals surface area contributed by atoms with Crippen LogP contribution in [0.4, 0.5) is 11.4 Å². The second-order valence-corrected chi connectivity index (χ2v) is 10.0. The number of carbonyl (C=O) groups is 4. The van der Waals surface area contributed by atoms with Gasteiger partial charge >= 0.3 is 0 Å². The van der Waals surface area contributed by atoms with Crippen LogP contribution < -0.4 is 10.6 Å². The normalized spacial score (nSPS) is 18.7. The quantitative estimate of drug-likeness (QED) is 0.489. The first-order valence-electron chi connectivity index (χ1n) is 13.3. The lowest BCUT2D eigenvalue weighted by molar-refractivity contribution is -0.134. The van der Waals surface area contributed by atoms with Crippen LogP contribution in [-0.2, 0) is 19.2 Å². The molecule has 2 atom stereocenters. The maximum Gasteiger partial charge on any atom is 0.247 e. The molecule has 2 aliphatic heterocycles. The Hall–Kier alpha value is -4.40. The average Bonchev–Trinajstić information content (AvgIpc) is 3.70. The Kier molecular flexibility index (Phi) is 7.49. The van der Waals surface area contributed by atoms with E-state index in [4.69, 9.17) is 4.42 Å². The third kappa shape index (κ3) is 5.72. The topological polar surface area (TPSA) is 112 Å². The SMILES string of the molecule is CC(=O)N1CCC[C@H]1C(=O)Nc1ccc(-c2ccc(-c3ccc(NC(=O)[C@@H]4CCCN4C(C)=O)cc3)o2)cc1. The summed E-state index contributed by atoms with van der Waals surface area (Å²) in [6.07, 6.45) is 3.00. The first-order chi connectivity index (χ1) is 18.8. The van der Waals surface area contributed by atoms with Gasteiger partial charge in [-0.3, -0.25) is 19.2 Å². The van der Waals surface area contributed by atoms with Gasteiger partial charge in [0.2, 0.25) is 23.6 Å². The molecule has 2 fully saturated rings. The zero-order valence-corrected chi connectivity index (χ0v) is 22.1. The number of nitrogens with zero attached hydrogens (tertiary/aromatic N) is 2. The van der Waals surface area contributed by atoms with Crippen molar-refractivity contribution in [1.82, 2.24) is 9.80 Å². The lowest BCUT2D eigenvalue weighted by Crippen LogP contribution is -2.42. The lowest BCUT2D eigenvalue weighted by atomic mass is 10.1. The molecule has 2 saturated heterocycles. The molecule has 5 rings (SSSR count). The summed E-state index contributed by atoms with van der Waals surface area (Å²) in [7, 11) is 0. The van der Waals surface area contributed by atoms with Gasteiger partial charge in [-0.1, -0.05) is 0 Å². The van der Waals surface area contributed by atoms with Crippen molar-refractivity contribution < 1.29 is 23.6 Å². The maximum atomic E-state index is 12.7. The maximum absolute atomic E-state index is 12.7. The van der Waals surface area contributed by atoms with E-state index in [1.54, 1.807) is 9.80 Å². The number of benzene rings is 2. The van der Waals surface area contributed by atoms with Crippen LogP contribution in [0.5, 0.6) is 0 Å². The minimum atomic E-state index is -0.424. The highest BCUT2D eigenvalue weighted by Crippen LogP contribution is 2.30. The van der Waals surface area contributed by atoms with E-state index in [1.165, 1.54) is 13.8 Å². The van der Waals surface area contributed by atoms with Crippen LogP contribution >= 0.6 is 0 Å². The molecular formula is C30H32N4O5. The highest BCUT2D eigenvalue weighted by molar-refractivity contribution is 5.98. The monoisotopic (exact) mass is 528 g/mol. The van der Waals surface area contributed by atoms with Gasteiger partial charge in [-0.25, -0.2) is 0 Å². The van der Waals surface area contributed by atoms with Crippen LogP contribution in [0, 0.1) is 0 Å². The standard InChI is InChI=1S/C30H32N4O5/c1-19(35)33-17-3-5-25(33)29(37)31-23-11-7-21(8-12-23)27-15-16-28(39-27)22-9-13-24(14-10-22)32-30(38)26-6-4-18-34(26)20(2)36/h7-16,25-26H,3-6,17-18H2,1-2H3,(H,31,37)(H,32,38)/t25-,26-/m0/s1. The van der Waals surface area contributed by atoms with E-state index in [2.05, 4.69) is 10.6 Å². The fourth-order valence-electron chi connectivity index (χ4n) is 5.37. The number of nitrogens with one attached hydrogen (secondary N) is 2. The summed E-state index contributed by atoms with van der Waals surface area (Å²) in [5.41, 5.74) is 3.04. The largest absolute Gasteiger partial charge is 0.456 e. The molecule has 3 heterocycles. The molecule has 2 aromatic carbocycles. The summed E-state index contributed by atoms with van der Waals surface area (Å²) < 4.78 is 6.08. The molecule has 2 N–H and O–H groups in total. The molecule has 1 aromatic heterocycles. The molecule has 0 aliphatic carbocycles. The fraction of sp³-hybridized carbons (Fsp3) is 0.333. The minimum absolute atomic E-state index is 0.0823. The molecule has 0 spiro atoms. The van der Waals surface area contributed by atoms with E-state index in [9.17, 15) is 19.2 Å². The predicted octanol–water partition coefficient (Wildman–Crippen LogP) is 4.51. The van der Waals surface area contributed by atoms with Crippen LogP contribution in [-0.4, -0.2) is 58.6 Å². The van der Waals surface area contributed by atoms with Gasteiger partial charge in [0.1, 0.15) is 23.6 Å². The Morgan fingerprint density at radius 3 is 1.38 bits per heavy atom. The number of carbonyl (C=O) groups excluding carboxylic acids is 4. The molecule has 0 bridgehead atoms. The third-order valence-electron chi connectivity index (χ3n) is 7.40. The number of hydrogen-bond acceptors (Lipinski definition) is 5. The molecule has 0 unspecified atom stereocenters. The van der Waals surface area contributed by atoms with E-state index < -0.39 is 12.1 Å². The Labute approximate surface area is 227 Å². The van der Waals surface area contributed by atoms with Crippen molar-refractivity contribution in [3.63, 3.8) is 0 Å². The number of likely N-dealkylation sites (tertiary alicyclic amines) is 2. The Bertz CT molecular complexity index is 1280. The molecular weight excluding hydrogens is 496 g/mol. The molecule has 0 radical (unpaired) electrons. The van der Waals surface area contributed by atoms with Gasteiger partial charge in [0.15, 0.2) is 0 Å². The second kappa shape index (κ2) is 11.1. The van der Waals surface area contributed by atoms with Crippen molar-refractivity contribution >= 4 is 35.0 Å². The summed E-state index contributed by atoms with van der Waals surface area (Å²) in [6, 6.07) is 17.7. The number of hydrogen-bond donors (Lipinski definition) is 2. The van der Waals surface area contributed by atoms with Crippen LogP contribution in [0.25, 0.3) is 22.6 Å². The Balaban J connectivity index is 1.20. The number of anilines is 2. The Morgan fingerprint density at radius 1 is 0.641 bits per heavy atom. The highest BCUT2D eigenvalue weighted by atomic mass is 16.3.